The highest BCUT2D eigenvalue weighted by molar-refractivity contribution is 6.31. The molecular weight excluding hydrogens is 293 g/mol. The number of ether oxygens (including phenoxy) is 1. The second kappa shape index (κ2) is 7.09. The summed E-state index contributed by atoms with van der Waals surface area (Å²) in [4.78, 5) is 11.9. The molecule has 0 aromatic heterocycles. The molecule has 1 atom stereocenters. The zero-order valence-electron chi connectivity index (χ0n) is 11.5. The average molecular weight is 308 g/mol. The lowest BCUT2D eigenvalue weighted by atomic mass is 9.99. The van der Waals surface area contributed by atoms with Crippen LogP contribution in [0.3, 0.4) is 0 Å². The summed E-state index contributed by atoms with van der Waals surface area (Å²) in [5, 5.41) is 3.11. The predicted octanol–water partition coefficient (Wildman–Crippen LogP) is 3.85. The summed E-state index contributed by atoms with van der Waals surface area (Å²) in [5.74, 6) is -1.25. The highest BCUT2D eigenvalue weighted by atomic mass is 35.5. The van der Waals surface area contributed by atoms with Crippen molar-refractivity contribution in [1.29, 1.82) is 0 Å². The molecule has 0 saturated heterocycles. The molecule has 0 aliphatic carbocycles. The third-order valence-corrected chi connectivity index (χ3v) is 3.41. The van der Waals surface area contributed by atoms with E-state index >= 15 is 0 Å². The van der Waals surface area contributed by atoms with Gasteiger partial charge in [-0.15, -0.1) is 0 Å². The number of carbonyl (C=O) groups excluding carboxylic acids is 1. The molecular formula is C16H15ClFNO2. The molecule has 0 bridgehead atoms. The van der Waals surface area contributed by atoms with Crippen molar-refractivity contribution in [2.75, 3.05) is 19.0 Å². The molecule has 0 heterocycles. The highest BCUT2D eigenvalue weighted by Crippen LogP contribution is 2.22. The molecule has 3 nitrogen and oxygen atoms in total. The van der Waals surface area contributed by atoms with Crippen LogP contribution in [-0.2, 0) is 9.53 Å². The lowest BCUT2D eigenvalue weighted by molar-refractivity contribution is -0.142. The van der Waals surface area contributed by atoms with E-state index in [2.05, 4.69) is 5.32 Å². The van der Waals surface area contributed by atoms with Gasteiger partial charge in [0.1, 0.15) is 5.82 Å². The van der Waals surface area contributed by atoms with Crippen LogP contribution in [0.5, 0.6) is 0 Å². The fourth-order valence-corrected chi connectivity index (χ4v) is 2.17. The predicted molar refractivity (Wildman–Crippen MR) is 81.1 cm³/mol. The van der Waals surface area contributed by atoms with E-state index in [1.54, 1.807) is 6.07 Å². The monoisotopic (exact) mass is 307 g/mol. The maximum atomic E-state index is 13.1. The summed E-state index contributed by atoms with van der Waals surface area (Å²) in [7, 11) is 1.35. The van der Waals surface area contributed by atoms with Crippen molar-refractivity contribution in [3.8, 4) is 0 Å². The zero-order valence-corrected chi connectivity index (χ0v) is 12.2. The quantitative estimate of drug-likeness (QED) is 0.853. The van der Waals surface area contributed by atoms with Crippen molar-refractivity contribution in [3.63, 3.8) is 0 Å². The van der Waals surface area contributed by atoms with Crippen molar-refractivity contribution >= 4 is 23.3 Å². The number of hydrogen-bond acceptors (Lipinski definition) is 3. The number of halogens is 2. The maximum Gasteiger partial charge on any atom is 0.314 e. The number of methoxy groups -OCH3 is 1. The second-order valence-corrected chi connectivity index (χ2v) is 4.90. The minimum absolute atomic E-state index is 0.0364. The second-order valence-electron chi connectivity index (χ2n) is 4.50. The molecule has 0 amide bonds. The van der Waals surface area contributed by atoms with Gasteiger partial charge in [-0.25, -0.2) is 4.39 Å². The van der Waals surface area contributed by atoms with E-state index in [0.717, 1.165) is 5.56 Å². The summed E-state index contributed by atoms with van der Waals surface area (Å²) in [5.41, 5.74) is 1.50. The Morgan fingerprint density at radius 3 is 2.62 bits per heavy atom. The van der Waals surface area contributed by atoms with Gasteiger partial charge in [0, 0.05) is 12.2 Å². The van der Waals surface area contributed by atoms with Gasteiger partial charge in [-0.3, -0.25) is 4.79 Å². The summed E-state index contributed by atoms with van der Waals surface area (Å²) in [6.07, 6.45) is 0. The van der Waals surface area contributed by atoms with Gasteiger partial charge in [0.15, 0.2) is 0 Å². The van der Waals surface area contributed by atoms with Crippen LogP contribution in [0.2, 0.25) is 5.02 Å². The Hall–Kier alpha value is -2.07. The molecule has 0 aliphatic heterocycles. The van der Waals surface area contributed by atoms with Crippen molar-refractivity contribution in [3.05, 3.63) is 64.9 Å². The van der Waals surface area contributed by atoms with E-state index in [1.165, 1.54) is 19.2 Å². The van der Waals surface area contributed by atoms with Crippen LogP contribution in [0.1, 0.15) is 11.5 Å². The Bertz CT molecular complexity index is 619. The molecule has 2 aromatic rings. The smallest absolute Gasteiger partial charge is 0.314 e. The molecule has 0 aliphatic rings. The van der Waals surface area contributed by atoms with Gasteiger partial charge in [-0.2, -0.15) is 0 Å². The van der Waals surface area contributed by atoms with Crippen LogP contribution in [0, 0.1) is 5.82 Å². The molecule has 110 valence electrons. The van der Waals surface area contributed by atoms with Gasteiger partial charge in [-0.1, -0.05) is 41.9 Å². The molecule has 0 fully saturated rings. The molecule has 21 heavy (non-hydrogen) atoms. The van der Waals surface area contributed by atoms with E-state index in [-0.39, 0.29) is 11.0 Å². The lowest BCUT2D eigenvalue weighted by Gasteiger charge is -2.16. The van der Waals surface area contributed by atoms with Gasteiger partial charge in [0.25, 0.3) is 0 Å². The Labute approximate surface area is 127 Å². The van der Waals surface area contributed by atoms with E-state index < -0.39 is 11.7 Å². The number of esters is 1. The van der Waals surface area contributed by atoms with Crippen molar-refractivity contribution < 1.29 is 13.9 Å². The number of benzene rings is 2. The molecule has 1 N–H and O–H groups in total. The first-order valence-corrected chi connectivity index (χ1v) is 6.81. The van der Waals surface area contributed by atoms with Gasteiger partial charge < -0.3 is 10.1 Å². The van der Waals surface area contributed by atoms with E-state index in [4.69, 9.17) is 16.3 Å². The Kier molecular flexibility index (Phi) is 5.17. The average Bonchev–Trinajstić information content (AvgIpc) is 2.51. The minimum Gasteiger partial charge on any atom is -0.468 e. The normalized spacial score (nSPS) is 11.8. The Balaban J connectivity index is 2.12. The SMILES string of the molecule is COC(=O)C(CNc1ccc(F)c(Cl)c1)c1ccccc1. The zero-order chi connectivity index (χ0) is 15.2. The molecule has 2 aromatic carbocycles. The largest absolute Gasteiger partial charge is 0.468 e. The molecule has 0 saturated carbocycles. The van der Waals surface area contributed by atoms with Crippen LogP contribution >= 0.6 is 11.6 Å². The molecule has 0 radical (unpaired) electrons. The number of anilines is 1. The van der Waals surface area contributed by atoms with Gasteiger partial charge in [0.2, 0.25) is 0 Å². The van der Waals surface area contributed by atoms with Crippen LogP contribution < -0.4 is 5.32 Å². The van der Waals surface area contributed by atoms with Crippen molar-refractivity contribution in [1.82, 2.24) is 0 Å². The van der Waals surface area contributed by atoms with Gasteiger partial charge >= 0.3 is 5.97 Å². The Morgan fingerprint density at radius 2 is 2.00 bits per heavy atom. The number of rotatable bonds is 5. The maximum absolute atomic E-state index is 13.1. The standard InChI is InChI=1S/C16H15ClFNO2/c1-21-16(20)13(11-5-3-2-4-6-11)10-19-12-7-8-15(18)14(17)9-12/h2-9,13,19H,10H2,1H3. The van der Waals surface area contributed by atoms with E-state index in [9.17, 15) is 9.18 Å². The van der Waals surface area contributed by atoms with E-state index in [0.29, 0.717) is 12.2 Å². The molecule has 5 heteroatoms. The summed E-state index contributed by atoms with van der Waals surface area (Å²) in [6.45, 7) is 0.332. The first-order chi connectivity index (χ1) is 10.1. The van der Waals surface area contributed by atoms with E-state index in [1.807, 2.05) is 30.3 Å². The summed E-state index contributed by atoms with van der Waals surface area (Å²) in [6, 6.07) is 13.7. The number of nitrogens with one attached hydrogen (secondary N) is 1. The third kappa shape index (κ3) is 3.95. The van der Waals surface area contributed by atoms with Gasteiger partial charge in [-0.05, 0) is 23.8 Å². The molecule has 0 spiro atoms. The first-order valence-electron chi connectivity index (χ1n) is 6.43. The number of carbonyl (C=O) groups is 1. The molecule has 2 rings (SSSR count). The van der Waals surface area contributed by atoms with Crippen molar-refractivity contribution in [2.45, 2.75) is 5.92 Å². The Morgan fingerprint density at radius 1 is 1.29 bits per heavy atom. The highest BCUT2D eigenvalue weighted by Gasteiger charge is 2.21. The van der Waals surface area contributed by atoms with Crippen LogP contribution in [0.15, 0.2) is 48.5 Å². The van der Waals surface area contributed by atoms with Crippen molar-refractivity contribution in [2.24, 2.45) is 0 Å². The van der Waals surface area contributed by atoms with Gasteiger partial charge in [0.05, 0.1) is 18.1 Å². The first kappa shape index (κ1) is 15.3. The summed E-state index contributed by atoms with van der Waals surface area (Å²) < 4.78 is 17.9. The van der Waals surface area contributed by atoms with Crippen LogP contribution in [-0.4, -0.2) is 19.6 Å². The minimum atomic E-state index is -0.477. The summed E-state index contributed by atoms with van der Waals surface area (Å²) >= 11 is 5.73. The lowest BCUT2D eigenvalue weighted by Crippen LogP contribution is -2.22. The van der Waals surface area contributed by atoms with Crippen LogP contribution in [0.25, 0.3) is 0 Å². The molecule has 1 unspecified atom stereocenters. The topological polar surface area (TPSA) is 38.3 Å². The van der Waals surface area contributed by atoms with Crippen LogP contribution in [0.4, 0.5) is 10.1 Å². The fraction of sp³-hybridized carbons (Fsp3) is 0.188. The number of hydrogen-bond donors (Lipinski definition) is 1. The third-order valence-electron chi connectivity index (χ3n) is 3.12. The fourth-order valence-electron chi connectivity index (χ4n) is 1.99.